The van der Waals surface area contributed by atoms with Crippen LogP contribution in [0.1, 0.15) is 17.5 Å². The van der Waals surface area contributed by atoms with Gasteiger partial charge in [-0.1, -0.05) is 36.4 Å². The van der Waals surface area contributed by atoms with Gasteiger partial charge < -0.3 is 5.73 Å². The van der Waals surface area contributed by atoms with Gasteiger partial charge in [-0.25, -0.2) is 0 Å². The minimum Gasteiger partial charge on any atom is -0.330 e. The summed E-state index contributed by atoms with van der Waals surface area (Å²) >= 11 is 0. The molecule has 0 radical (unpaired) electrons. The molecule has 0 aliphatic carbocycles. The number of benzene rings is 1. The minimum atomic E-state index is 0.463. The first-order valence-electron chi connectivity index (χ1n) is 4.69. The lowest BCUT2D eigenvalue weighted by molar-refractivity contribution is 0.969. The van der Waals surface area contributed by atoms with Crippen LogP contribution >= 0.6 is 0 Å². The molecule has 0 unspecified atom stereocenters. The van der Waals surface area contributed by atoms with Crippen molar-refractivity contribution in [1.29, 1.82) is 5.26 Å². The molecule has 2 nitrogen and oxygen atoms in total. The molecule has 0 saturated heterocycles. The highest BCUT2D eigenvalue weighted by molar-refractivity contribution is 5.49. The number of rotatable bonds is 4. The Kier molecular flexibility index (Phi) is 4.46. The van der Waals surface area contributed by atoms with Crippen molar-refractivity contribution in [2.24, 2.45) is 5.73 Å². The Labute approximate surface area is 84.7 Å². The third-order valence-corrected chi connectivity index (χ3v) is 1.93. The molecule has 72 valence electrons. The smallest absolute Gasteiger partial charge is 0.0663 e. The van der Waals surface area contributed by atoms with Crippen molar-refractivity contribution in [3.63, 3.8) is 0 Å². The number of allylic oxidation sites excluding steroid dienone is 1. The second-order valence-corrected chi connectivity index (χ2v) is 3.04. The molecule has 1 aromatic carbocycles. The number of nitrogens with two attached hydrogens (primary N) is 1. The second kappa shape index (κ2) is 5.95. The molecule has 0 aliphatic heterocycles. The fourth-order valence-corrected chi connectivity index (χ4v) is 1.21. The average Bonchev–Trinajstić information content (AvgIpc) is 2.21. The van der Waals surface area contributed by atoms with E-state index in [1.54, 1.807) is 0 Å². The van der Waals surface area contributed by atoms with Crippen molar-refractivity contribution >= 4 is 6.08 Å². The van der Waals surface area contributed by atoms with E-state index >= 15 is 0 Å². The van der Waals surface area contributed by atoms with E-state index in [4.69, 9.17) is 11.0 Å². The summed E-state index contributed by atoms with van der Waals surface area (Å²) < 4.78 is 0. The molecule has 0 heterocycles. The van der Waals surface area contributed by atoms with E-state index in [-0.39, 0.29) is 0 Å². The molecule has 1 rings (SSSR count). The molecule has 0 aromatic heterocycles. The van der Waals surface area contributed by atoms with Crippen molar-refractivity contribution in [2.75, 3.05) is 6.54 Å². The normalized spacial score (nSPS) is 10.3. The molecule has 0 amide bonds. The molecular formula is C12H14N2. The maximum atomic E-state index is 8.34. The van der Waals surface area contributed by atoms with E-state index in [0.717, 1.165) is 12.0 Å². The van der Waals surface area contributed by atoms with Crippen LogP contribution in [0.5, 0.6) is 0 Å². The summed E-state index contributed by atoms with van der Waals surface area (Å²) in [7, 11) is 0. The Morgan fingerprint density at radius 3 is 2.57 bits per heavy atom. The van der Waals surface area contributed by atoms with E-state index in [1.165, 1.54) is 5.56 Å². The monoisotopic (exact) mass is 186 g/mol. The van der Waals surface area contributed by atoms with Gasteiger partial charge in [-0.3, -0.25) is 0 Å². The van der Waals surface area contributed by atoms with Gasteiger partial charge in [0.05, 0.1) is 12.5 Å². The summed E-state index contributed by atoms with van der Waals surface area (Å²) in [4.78, 5) is 0. The standard InChI is InChI=1S/C12H14N2/c13-9-2-1-3-11-4-6-12(7-5-11)8-10-14/h1,3-7H,2,8,10,14H2. The number of hydrogen-bond donors (Lipinski definition) is 1. The molecule has 0 bridgehead atoms. The summed E-state index contributed by atoms with van der Waals surface area (Å²) in [5, 5.41) is 8.34. The van der Waals surface area contributed by atoms with Gasteiger partial charge in [0.2, 0.25) is 0 Å². The fourth-order valence-electron chi connectivity index (χ4n) is 1.21. The van der Waals surface area contributed by atoms with Crippen LogP contribution in [0, 0.1) is 11.3 Å². The molecule has 0 saturated carbocycles. The SMILES string of the molecule is N#CCC=Cc1ccc(CCN)cc1. The summed E-state index contributed by atoms with van der Waals surface area (Å²) in [6, 6.07) is 10.3. The Balaban J connectivity index is 2.60. The number of nitriles is 1. The van der Waals surface area contributed by atoms with E-state index < -0.39 is 0 Å². The van der Waals surface area contributed by atoms with E-state index in [2.05, 4.69) is 18.2 Å². The zero-order valence-corrected chi connectivity index (χ0v) is 8.11. The van der Waals surface area contributed by atoms with Gasteiger partial charge in [-0.15, -0.1) is 0 Å². The largest absolute Gasteiger partial charge is 0.330 e. The highest BCUT2D eigenvalue weighted by Crippen LogP contribution is 2.06. The number of hydrogen-bond acceptors (Lipinski definition) is 2. The van der Waals surface area contributed by atoms with Crippen LogP contribution in [0.3, 0.4) is 0 Å². The van der Waals surface area contributed by atoms with Crippen LogP contribution < -0.4 is 5.73 Å². The van der Waals surface area contributed by atoms with Gasteiger partial charge in [-0.2, -0.15) is 5.26 Å². The Morgan fingerprint density at radius 1 is 1.29 bits per heavy atom. The zero-order valence-electron chi connectivity index (χ0n) is 8.11. The van der Waals surface area contributed by atoms with Gasteiger partial charge in [0.25, 0.3) is 0 Å². The van der Waals surface area contributed by atoms with Crippen LogP contribution in [-0.4, -0.2) is 6.54 Å². The van der Waals surface area contributed by atoms with Crippen molar-refractivity contribution < 1.29 is 0 Å². The predicted octanol–water partition coefficient (Wildman–Crippen LogP) is 2.11. The maximum Gasteiger partial charge on any atom is 0.0663 e. The van der Waals surface area contributed by atoms with Crippen LogP contribution in [0.4, 0.5) is 0 Å². The molecule has 0 spiro atoms. The molecule has 0 fully saturated rings. The van der Waals surface area contributed by atoms with Gasteiger partial charge in [-0.05, 0) is 24.1 Å². The van der Waals surface area contributed by atoms with E-state index in [1.807, 2.05) is 24.3 Å². The molecule has 0 atom stereocenters. The first-order valence-corrected chi connectivity index (χ1v) is 4.69. The molecule has 2 N–H and O–H groups in total. The van der Waals surface area contributed by atoms with Gasteiger partial charge in [0.1, 0.15) is 0 Å². The lowest BCUT2D eigenvalue weighted by atomic mass is 10.1. The highest BCUT2D eigenvalue weighted by Gasteiger charge is 1.90. The molecule has 14 heavy (non-hydrogen) atoms. The summed E-state index contributed by atoms with van der Waals surface area (Å²) in [5.41, 5.74) is 7.83. The fraction of sp³-hybridized carbons (Fsp3) is 0.250. The second-order valence-electron chi connectivity index (χ2n) is 3.04. The van der Waals surface area contributed by atoms with Crippen LogP contribution in [-0.2, 0) is 6.42 Å². The third kappa shape index (κ3) is 3.42. The predicted molar refractivity (Wildman–Crippen MR) is 58.5 cm³/mol. The van der Waals surface area contributed by atoms with Crippen LogP contribution in [0.25, 0.3) is 6.08 Å². The Hall–Kier alpha value is -1.59. The number of nitrogens with zero attached hydrogens (tertiary/aromatic N) is 1. The van der Waals surface area contributed by atoms with E-state index in [0.29, 0.717) is 13.0 Å². The van der Waals surface area contributed by atoms with Crippen LogP contribution in [0.15, 0.2) is 30.3 Å². The first-order chi connectivity index (χ1) is 6.86. The highest BCUT2D eigenvalue weighted by atomic mass is 14.5. The molecular weight excluding hydrogens is 172 g/mol. The lowest BCUT2D eigenvalue weighted by Gasteiger charge is -1.98. The maximum absolute atomic E-state index is 8.34. The Bertz CT molecular complexity index is 330. The summed E-state index contributed by atoms with van der Waals surface area (Å²) in [6.45, 7) is 0.684. The Morgan fingerprint density at radius 2 is 2.00 bits per heavy atom. The first kappa shape index (κ1) is 10.5. The van der Waals surface area contributed by atoms with Crippen molar-refractivity contribution in [1.82, 2.24) is 0 Å². The topological polar surface area (TPSA) is 49.8 Å². The summed E-state index contributed by atoms with van der Waals surface area (Å²) in [6.07, 6.45) is 5.19. The van der Waals surface area contributed by atoms with Crippen molar-refractivity contribution in [3.05, 3.63) is 41.5 Å². The van der Waals surface area contributed by atoms with Gasteiger partial charge >= 0.3 is 0 Å². The van der Waals surface area contributed by atoms with Crippen LogP contribution in [0.2, 0.25) is 0 Å². The molecule has 1 aromatic rings. The van der Waals surface area contributed by atoms with Crippen molar-refractivity contribution in [2.45, 2.75) is 12.8 Å². The molecule has 0 aliphatic rings. The quantitative estimate of drug-likeness (QED) is 0.783. The van der Waals surface area contributed by atoms with Gasteiger partial charge in [0, 0.05) is 0 Å². The van der Waals surface area contributed by atoms with Gasteiger partial charge in [0.15, 0.2) is 0 Å². The zero-order chi connectivity index (χ0) is 10.2. The average molecular weight is 186 g/mol. The van der Waals surface area contributed by atoms with E-state index in [9.17, 15) is 0 Å². The van der Waals surface area contributed by atoms with Crippen molar-refractivity contribution in [3.8, 4) is 6.07 Å². The minimum absolute atomic E-state index is 0.463. The lowest BCUT2D eigenvalue weighted by Crippen LogP contribution is -2.02. The summed E-state index contributed by atoms with van der Waals surface area (Å²) in [5.74, 6) is 0. The third-order valence-electron chi connectivity index (χ3n) is 1.93. The molecule has 2 heteroatoms.